The minimum absolute atomic E-state index is 0.482. The maximum absolute atomic E-state index is 5.60. The molecule has 0 aromatic carbocycles. The Bertz CT molecular complexity index is 184. The lowest BCUT2D eigenvalue weighted by molar-refractivity contribution is 0.105. The van der Waals surface area contributed by atoms with Gasteiger partial charge in [0.25, 0.3) is 0 Å². The van der Waals surface area contributed by atoms with Gasteiger partial charge < -0.3 is 15.4 Å². The van der Waals surface area contributed by atoms with Gasteiger partial charge in [-0.1, -0.05) is 6.92 Å². The summed E-state index contributed by atoms with van der Waals surface area (Å²) in [5.41, 5.74) is 0.504. The van der Waals surface area contributed by atoms with Crippen LogP contribution in [0.25, 0.3) is 0 Å². The van der Waals surface area contributed by atoms with Crippen LogP contribution < -0.4 is 10.6 Å². The summed E-state index contributed by atoms with van der Waals surface area (Å²) in [6.07, 6.45) is 5.56. The molecule has 0 aromatic rings. The van der Waals surface area contributed by atoms with Crippen molar-refractivity contribution in [1.82, 2.24) is 10.6 Å². The molecule has 0 spiro atoms. The molecule has 2 aliphatic rings. The Morgan fingerprint density at radius 2 is 2.20 bits per heavy atom. The molecule has 0 bridgehead atoms. The average Bonchev–Trinajstić information content (AvgIpc) is 2.71. The van der Waals surface area contributed by atoms with E-state index in [2.05, 4.69) is 17.6 Å². The Morgan fingerprint density at radius 3 is 2.87 bits per heavy atom. The van der Waals surface area contributed by atoms with Gasteiger partial charge >= 0.3 is 0 Å². The van der Waals surface area contributed by atoms with Crippen LogP contribution in [0.15, 0.2) is 0 Å². The quantitative estimate of drug-likeness (QED) is 0.733. The molecule has 3 nitrogen and oxygen atoms in total. The highest BCUT2D eigenvalue weighted by molar-refractivity contribution is 4.83. The SMILES string of the molecule is CC1(CNCC2CCCO2)CCNCC1. The Balaban J connectivity index is 1.63. The molecule has 0 saturated carbocycles. The third kappa shape index (κ3) is 3.44. The number of ether oxygens (including phenoxy) is 1. The van der Waals surface area contributed by atoms with Crippen molar-refractivity contribution in [3.05, 3.63) is 0 Å². The molecular weight excluding hydrogens is 188 g/mol. The molecule has 88 valence electrons. The normalized spacial score (nSPS) is 30.6. The van der Waals surface area contributed by atoms with Crippen LogP contribution in [0.1, 0.15) is 32.6 Å². The summed E-state index contributed by atoms with van der Waals surface area (Å²) < 4.78 is 5.60. The molecule has 0 amide bonds. The standard InChI is InChI=1S/C12H24N2O/c1-12(4-6-13-7-5-12)10-14-9-11-3-2-8-15-11/h11,13-14H,2-10H2,1H3. The van der Waals surface area contributed by atoms with Crippen LogP contribution in [0.3, 0.4) is 0 Å². The van der Waals surface area contributed by atoms with Crippen molar-refractivity contribution in [2.75, 3.05) is 32.8 Å². The summed E-state index contributed by atoms with van der Waals surface area (Å²) in [6, 6.07) is 0. The van der Waals surface area contributed by atoms with Crippen molar-refractivity contribution in [3.8, 4) is 0 Å². The first kappa shape index (κ1) is 11.4. The number of piperidine rings is 1. The first-order valence-corrected chi connectivity index (χ1v) is 6.32. The maximum atomic E-state index is 5.60. The van der Waals surface area contributed by atoms with Crippen LogP contribution in [-0.4, -0.2) is 38.9 Å². The Labute approximate surface area is 93.0 Å². The van der Waals surface area contributed by atoms with E-state index in [0.29, 0.717) is 11.5 Å². The van der Waals surface area contributed by atoms with Crippen molar-refractivity contribution < 1.29 is 4.74 Å². The third-order valence-corrected chi connectivity index (χ3v) is 3.76. The van der Waals surface area contributed by atoms with E-state index in [9.17, 15) is 0 Å². The lowest BCUT2D eigenvalue weighted by atomic mass is 9.81. The zero-order chi connectivity index (χ0) is 10.6. The molecule has 2 aliphatic heterocycles. The second-order valence-corrected chi connectivity index (χ2v) is 5.33. The topological polar surface area (TPSA) is 33.3 Å². The molecule has 2 N–H and O–H groups in total. The van der Waals surface area contributed by atoms with E-state index in [4.69, 9.17) is 4.74 Å². The molecule has 2 saturated heterocycles. The van der Waals surface area contributed by atoms with Crippen molar-refractivity contribution in [1.29, 1.82) is 0 Å². The van der Waals surface area contributed by atoms with Crippen LogP contribution in [0.2, 0.25) is 0 Å². The van der Waals surface area contributed by atoms with Crippen LogP contribution in [-0.2, 0) is 4.74 Å². The highest BCUT2D eigenvalue weighted by Gasteiger charge is 2.26. The second-order valence-electron chi connectivity index (χ2n) is 5.33. The van der Waals surface area contributed by atoms with E-state index in [-0.39, 0.29) is 0 Å². The highest BCUT2D eigenvalue weighted by atomic mass is 16.5. The van der Waals surface area contributed by atoms with Crippen LogP contribution in [0.5, 0.6) is 0 Å². The van der Waals surface area contributed by atoms with Gasteiger partial charge in [0.05, 0.1) is 6.10 Å². The summed E-state index contributed by atoms with van der Waals surface area (Å²) in [5, 5.41) is 7.00. The monoisotopic (exact) mass is 212 g/mol. The van der Waals surface area contributed by atoms with E-state index in [1.165, 1.54) is 38.8 Å². The largest absolute Gasteiger partial charge is 0.377 e. The summed E-state index contributed by atoms with van der Waals surface area (Å²) in [5.74, 6) is 0. The van der Waals surface area contributed by atoms with Crippen molar-refractivity contribution in [3.63, 3.8) is 0 Å². The Morgan fingerprint density at radius 1 is 1.40 bits per heavy atom. The van der Waals surface area contributed by atoms with Gasteiger partial charge in [0, 0.05) is 19.7 Å². The lowest BCUT2D eigenvalue weighted by Crippen LogP contribution is -2.42. The summed E-state index contributed by atoms with van der Waals surface area (Å²) in [6.45, 7) is 7.91. The summed E-state index contributed by atoms with van der Waals surface area (Å²) >= 11 is 0. The summed E-state index contributed by atoms with van der Waals surface area (Å²) in [7, 11) is 0. The van der Waals surface area contributed by atoms with Gasteiger partial charge in [-0.25, -0.2) is 0 Å². The fourth-order valence-electron chi connectivity index (χ4n) is 2.55. The van der Waals surface area contributed by atoms with Gasteiger partial charge in [0.15, 0.2) is 0 Å². The van der Waals surface area contributed by atoms with E-state index in [1.54, 1.807) is 0 Å². The Hall–Kier alpha value is -0.120. The molecule has 2 rings (SSSR count). The molecule has 0 aliphatic carbocycles. The molecule has 1 atom stereocenters. The predicted octanol–water partition coefficient (Wildman–Crippen LogP) is 1.14. The molecule has 2 heterocycles. The number of nitrogens with one attached hydrogen (secondary N) is 2. The van der Waals surface area contributed by atoms with Crippen molar-refractivity contribution in [2.24, 2.45) is 5.41 Å². The van der Waals surface area contributed by atoms with Crippen LogP contribution >= 0.6 is 0 Å². The van der Waals surface area contributed by atoms with E-state index in [0.717, 1.165) is 19.7 Å². The van der Waals surface area contributed by atoms with E-state index >= 15 is 0 Å². The first-order chi connectivity index (χ1) is 7.29. The van der Waals surface area contributed by atoms with Crippen LogP contribution in [0.4, 0.5) is 0 Å². The zero-order valence-electron chi connectivity index (χ0n) is 9.85. The number of rotatable bonds is 4. The van der Waals surface area contributed by atoms with E-state index < -0.39 is 0 Å². The van der Waals surface area contributed by atoms with Crippen molar-refractivity contribution in [2.45, 2.75) is 38.7 Å². The number of hydrogen-bond donors (Lipinski definition) is 2. The highest BCUT2D eigenvalue weighted by Crippen LogP contribution is 2.26. The molecule has 2 fully saturated rings. The first-order valence-electron chi connectivity index (χ1n) is 6.32. The van der Waals surface area contributed by atoms with Gasteiger partial charge in [0.1, 0.15) is 0 Å². The zero-order valence-corrected chi connectivity index (χ0v) is 9.85. The van der Waals surface area contributed by atoms with Crippen LogP contribution in [0, 0.1) is 5.41 Å². The Kier molecular flexibility index (Phi) is 4.00. The fourth-order valence-corrected chi connectivity index (χ4v) is 2.55. The molecule has 15 heavy (non-hydrogen) atoms. The molecular formula is C12H24N2O. The smallest absolute Gasteiger partial charge is 0.0700 e. The minimum atomic E-state index is 0.482. The van der Waals surface area contributed by atoms with Gasteiger partial charge in [0.2, 0.25) is 0 Å². The number of hydrogen-bond acceptors (Lipinski definition) is 3. The second kappa shape index (κ2) is 5.28. The van der Waals surface area contributed by atoms with Gasteiger partial charge in [-0.3, -0.25) is 0 Å². The van der Waals surface area contributed by atoms with Crippen molar-refractivity contribution >= 4 is 0 Å². The molecule has 0 radical (unpaired) electrons. The molecule has 1 unspecified atom stereocenters. The maximum Gasteiger partial charge on any atom is 0.0700 e. The van der Waals surface area contributed by atoms with Gasteiger partial charge in [-0.2, -0.15) is 0 Å². The predicted molar refractivity (Wildman–Crippen MR) is 62.1 cm³/mol. The fraction of sp³-hybridized carbons (Fsp3) is 1.00. The minimum Gasteiger partial charge on any atom is -0.377 e. The third-order valence-electron chi connectivity index (χ3n) is 3.76. The van der Waals surface area contributed by atoms with Gasteiger partial charge in [-0.05, 0) is 44.2 Å². The summed E-state index contributed by atoms with van der Waals surface area (Å²) in [4.78, 5) is 0. The molecule has 3 heteroatoms. The lowest BCUT2D eigenvalue weighted by Gasteiger charge is -2.34. The van der Waals surface area contributed by atoms with E-state index in [1.807, 2.05) is 0 Å². The molecule has 0 aromatic heterocycles. The average molecular weight is 212 g/mol. The van der Waals surface area contributed by atoms with Gasteiger partial charge in [-0.15, -0.1) is 0 Å².